The first-order valence-corrected chi connectivity index (χ1v) is 16.1. The molecule has 0 spiro atoms. The monoisotopic (exact) mass is 629 g/mol. The molecule has 1 fully saturated rings. The summed E-state index contributed by atoms with van der Waals surface area (Å²) >= 11 is 1.28. The number of nitrogens with zero attached hydrogens (tertiary/aromatic N) is 4. The van der Waals surface area contributed by atoms with Crippen LogP contribution in [-0.2, 0) is 10.0 Å². The fourth-order valence-corrected chi connectivity index (χ4v) is 7.20. The third kappa shape index (κ3) is 8.35. The van der Waals surface area contributed by atoms with Crippen LogP contribution in [0.4, 0.5) is 13.9 Å². The molecule has 0 atom stereocenters. The summed E-state index contributed by atoms with van der Waals surface area (Å²) in [5, 5.41) is 3.59. The Kier molecular flexibility index (Phi) is 12.3. The van der Waals surface area contributed by atoms with Crippen LogP contribution in [0.15, 0.2) is 41.3 Å². The largest absolute Gasteiger partial charge is 0.351 e. The predicted octanol–water partition coefficient (Wildman–Crippen LogP) is 5.14. The van der Waals surface area contributed by atoms with E-state index in [0.29, 0.717) is 54.7 Å². The molecule has 1 saturated heterocycles. The zero-order chi connectivity index (χ0) is 28.7. The predicted molar refractivity (Wildman–Crippen MR) is 163 cm³/mol. The number of hydrogen-bond donors (Lipinski definition) is 1. The van der Waals surface area contributed by atoms with E-state index in [-0.39, 0.29) is 28.7 Å². The molecule has 0 unspecified atom stereocenters. The van der Waals surface area contributed by atoms with Crippen LogP contribution in [0.3, 0.4) is 0 Å². The van der Waals surface area contributed by atoms with Crippen molar-refractivity contribution in [2.24, 2.45) is 0 Å². The zero-order valence-electron chi connectivity index (χ0n) is 23.4. The smallest absolute Gasteiger partial charge is 0.251 e. The first-order chi connectivity index (χ1) is 19.2. The van der Waals surface area contributed by atoms with E-state index in [4.69, 9.17) is 0 Å². The Morgan fingerprint density at radius 2 is 1.66 bits per heavy atom. The Hall–Kier alpha value is -2.38. The molecular formula is C28H38ClF2N5O3S2. The molecule has 2 aromatic carbocycles. The van der Waals surface area contributed by atoms with Crippen LogP contribution in [0, 0.1) is 11.6 Å². The van der Waals surface area contributed by atoms with Gasteiger partial charge in [-0.1, -0.05) is 38.0 Å². The minimum absolute atomic E-state index is 0. The average molecular weight is 630 g/mol. The lowest BCUT2D eigenvalue weighted by atomic mass is 10.2. The number of benzene rings is 2. The van der Waals surface area contributed by atoms with Gasteiger partial charge in [0.05, 0.1) is 9.60 Å². The van der Waals surface area contributed by atoms with E-state index < -0.39 is 21.7 Å². The van der Waals surface area contributed by atoms with Gasteiger partial charge in [-0.25, -0.2) is 22.2 Å². The molecule has 41 heavy (non-hydrogen) atoms. The van der Waals surface area contributed by atoms with Crippen LogP contribution < -0.4 is 10.2 Å². The fourth-order valence-electron chi connectivity index (χ4n) is 4.62. The number of thiazole rings is 1. The lowest BCUT2D eigenvalue weighted by Gasteiger charge is -2.34. The lowest BCUT2D eigenvalue weighted by Crippen LogP contribution is -2.48. The number of hydrogen-bond acceptors (Lipinski definition) is 7. The fraction of sp³-hybridized carbons (Fsp3) is 0.500. The zero-order valence-corrected chi connectivity index (χ0v) is 25.9. The summed E-state index contributed by atoms with van der Waals surface area (Å²) in [6, 6.07) is 8.30. The van der Waals surface area contributed by atoms with Crippen molar-refractivity contribution in [1.29, 1.82) is 0 Å². The highest BCUT2D eigenvalue weighted by Crippen LogP contribution is 2.31. The van der Waals surface area contributed by atoms with Gasteiger partial charge in [0, 0.05) is 64.0 Å². The summed E-state index contributed by atoms with van der Waals surface area (Å²) in [5.74, 6) is -1.51. The first-order valence-electron chi connectivity index (χ1n) is 13.8. The van der Waals surface area contributed by atoms with Crippen molar-refractivity contribution in [2.45, 2.75) is 44.4 Å². The molecule has 0 bridgehead atoms. The Morgan fingerprint density at radius 1 is 1.02 bits per heavy atom. The standard InChI is InChI=1S/C28H37F2N5O3S2.ClH/c1-3-5-12-35(13-6-4-2)40(37,38)23-9-7-21(8-10-23)27(36)31-11-14-33-15-17-34(18-16-33)28-32-26-24(30)19-22(29)20-25(26)39-28;/h7-10,19-20H,3-6,11-18H2,1-2H3,(H,31,36);1H. The van der Waals surface area contributed by atoms with Crippen LogP contribution in [-0.4, -0.2) is 80.9 Å². The molecule has 13 heteroatoms. The van der Waals surface area contributed by atoms with Gasteiger partial charge in [-0.05, 0) is 43.2 Å². The summed E-state index contributed by atoms with van der Waals surface area (Å²) in [5.41, 5.74) is 0.611. The summed E-state index contributed by atoms with van der Waals surface area (Å²) in [4.78, 5) is 21.5. The minimum Gasteiger partial charge on any atom is -0.351 e. The van der Waals surface area contributed by atoms with Crippen molar-refractivity contribution >= 4 is 55.0 Å². The van der Waals surface area contributed by atoms with Crippen LogP contribution in [0.25, 0.3) is 10.2 Å². The molecule has 8 nitrogen and oxygen atoms in total. The van der Waals surface area contributed by atoms with Crippen molar-refractivity contribution < 1.29 is 22.0 Å². The molecule has 1 aliphatic rings. The number of anilines is 1. The highest BCUT2D eigenvalue weighted by molar-refractivity contribution is 7.89. The molecule has 1 aromatic heterocycles. The van der Waals surface area contributed by atoms with Crippen molar-refractivity contribution in [3.05, 3.63) is 53.6 Å². The van der Waals surface area contributed by atoms with E-state index in [2.05, 4.69) is 20.1 Å². The molecule has 2 heterocycles. The van der Waals surface area contributed by atoms with E-state index in [1.807, 2.05) is 13.8 Å². The molecule has 1 amide bonds. The molecular weight excluding hydrogens is 592 g/mol. The maximum Gasteiger partial charge on any atom is 0.251 e. The van der Waals surface area contributed by atoms with Gasteiger partial charge in [-0.15, -0.1) is 12.4 Å². The number of piperazine rings is 1. The maximum atomic E-state index is 14.0. The number of aromatic nitrogens is 1. The van der Waals surface area contributed by atoms with Crippen molar-refractivity contribution in [2.75, 3.05) is 57.3 Å². The van der Waals surface area contributed by atoms with Gasteiger partial charge < -0.3 is 10.2 Å². The summed E-state index contributed by atoms with van der Waals surface area (Å²) in [6.45, 7) is 9.07. The SMILES string of the molecule is CCCCN(CCCC)S(=O)(=O)c1ccc(C(=O)NCCN2CCN(c3nc4c(F)cc(F)cc4s3)CC2)cc1.Cl. The van der Waals surface area contributed by atoms with Crippen LogP contribution in [0.5, 0.6) is 0 Å². The second kappa shape index (κ2) is 15.2. The van der Waals surface area contributed by atoms with Crippen molar-refractivity contribution in [1.82, 2.24) is 19.5 Å². The number of fused-ring (bicyclic) bond motifs is 1. The Bertz CT molecular complexity index is 1390. The quantitative estimate of drug-likeness (QED) is 0.282. The third-order valence-corrected chi connectivity index (χ3v) is 10.0. The van der Waals surface area contributed by atoms with Crippen LogP contribution >= 0.6 is 23.7 Å². The topological polar surface area (TPSA) is 85.8 Å². The Morgan fingerprint density at radius 3 is 2.27 bits per heavy atom. The van der Waals surface area contributed by atoms with E-state index in [1.165, 1.54) is 29.5 Å². The molecule has 1 aliphatic heterocycles. The number of nitrogens with one attached hydrogen (secondary N) is 1. The van der Waals surface area contributed by atoms with E-state index in [0.717, 1.165) is 44.8 Å². The van der Waals surface area contributed by atoms with Gasteiger partial charge in [-0.2, -0.15) is 4.31 Å². The molecule has 3 aromatic rings. The van der Waals surface area contributed by atoms with Gasteiger partial charge in [0.2, 0.25) is 10.0 Å². The van der Waals surface area contributed by atoms with E-state index >= 15 is 0 Å². The molecule has 0 radical (unpaired) electrons. The Balaban J connectivity index is 0.00000462. The maximum absolute atomic E-state index is 14.0. The van der Waals surface area contributed by atoms with Crippen LogP contribution in [0.2, 0.25) is 0 Å². The highest BCUT2D eigenvalue weighted by atomic mass is 35.5. The number of rotatable bonds is 13. The highest BCUT2D eigenvalue weighted by Gasteiger charge is 2.24. The molecule has 1 N–H and O–H groups in total. The second-order valence-corrected chi connectivity index (χ2v) is 12.9. The lowest BCUT2D eigenvalue weighted by molar-refractivity contribution is 0.0947. The molecule has 226 valence electrons. The number of sulfonamides is 1. The number of carbonyl (C=O) groups is 1. The van der Waals surface area contributed by atoms with Crippen molar-refractivity contribution in [3.63, 3.8) is 0 Å². The first kappa shape index (κ1) is 33.1. The number of carbonyl (C=O) groups excluding carboxylic acids is 1. The number of halogens is 3. The minimum atomic E-state index is -3.60. The molecule has 4 rings (SSSR count). The summed E-state index contributed by atoms with van der Waals surface area (Å²) < 4.78 is 55.9. The molecule has 0 aliphatic carbocycles. The van der Waals surface area contributed by atoms with Crippen LogP contribution in [0.1, 0.15) is 49.9 Å². The summed E-state index contributed by atoms with van der Waals surface area (Å²) in [6.07, 6.45) is 3.45. The van der Waals surface area contributed by atoms with Crippen molar-refractivity contribution in [3.8, 4) is 0 Å². The number of unbranched alkanes of at least 4 members (excludes halogenated alkanes) is 2. The average Bonchev–Trinajstić information content (AvgIpc) is 3.38. The van der Waals surface area contributed by atoms with Gasteiger partial charge in [0.15, 0.2) is 10.9 Å². The summed E-state index contributed by atoms with van der Waals surface area (Å²) in [7, 11) is -3.60. The molecule has 0 saturated carbocycles. The van der Waals surface area contributed by atoms with Gasteiger partial charge in [-0.3, -0.25) is 9.69 Å². The number of amides is 1. The van der Waals surface area contributed by atoms with Gasteiger partial charge >= 0.3 is 0 Å². The van der Waals surface area contributed by atoms with Gasteiger partial charge in [0.1, 0.15) is 11.3 Å². The van der Waals surface area contributed by atoms with Gasteiger partial charge in [0.25, 0.3) is 5.91 Å². The second-order valence-electron chi connectivity index (χ2n) is 9.95. The van der Waals surface area contributed by atoms with E-state index in [1.54, 1.807) is 16.4 Å². The third-order valence-electron chi connectivity index (χ3n) is 7.03. The Labute approximate surface area is 251 Å². The van der Waals surface area contributed by atoms with E-state index in [9.17, 15) is 22.0 Å². The normalized spacial score (nSPS) is 14.4.